The molecule has 2 aliphatic rings. The van der Waals surface area contributed by atoms with Crippen LogP contribution in [0.5, 0.6) is 11.5 Å². The van der Waals surface area contributed by atoms with Gasteiger partial charge in [-0.05, 0) is 73.0 Å². The molecule has 7 nitrogen and oxygen atoms in total. The van der Waals surface area contributed by atoms with E-state index in [0.29, 0.717) is 28.4 Å². The Kier molecular flexibility index (Phi) is 5.49. The number of ether oxygens (including phenoxy) is 2. The number of nitrogens with zero attached hydrogens (tertiary/aromatic N) is 2. The van der Waals surface area contributed by atoms with E-state index in [2.05, 4.69) is 4.98 Å². The molecule has 1 N–H and O–H groups in total. The van der Waals surface area contributed by atoms with Crippen molar-refractivity contribution in [3.63, 3.8) is 0 Å². The van der Waals surface area contributed by atoms with Gasteiger partial charge in [-0.25, -0.2) is 4.98 Å². The number of methoxy groups -OCH3 is 1. The number of aliphatic hydroxyl groups excluding tert-OH is 1. The number of hydrogen-bond acceptors (Lipinski definition) is 7. The number of rotatable bonds is 4. The molecule has 6 rings (SSSR count). The minimum Gasteiger partial charge on any atom is -0.507 e. The molecule has 0 aliphatic carbocycles. The zero-order chi connectivity index (χ0) is 25.8. The van der Waals surface area contributed by atoms with Crippen molar-refractivity contribution in [3.05, 3.63) is 88.5 Å². The van der Waals surface area contributed by atoms with Crippen molar-refractivity contribution in [1.82, 2.24) is 4.98 Å². The van der Waals surface area contributed by atoms with E-state index in [1.807, 2.05) is 38.1 Å². The molecule has 37 heavy (non-hydrogen) atoms. The van der Waals surface area contributed by atoms with Crippen LogP contribution in [0, 0.1) is 6.92 Å². The Morgan fingerprint density at radius 1 is 1.11 bits per heavy atom. The van der Waals surface area contributed by atoms with Gasteiger partial charge < -0.3 is 14.6 Å². The molecule has 1 fully saturated rings. The van der Waals surface area contributed by atoms with Crippen LogP contribution < -0.4 is 14.4 Å². The fraction of sp³-hybridized carbons (Fsp3) is 0.207. The quantitative estimate of drug-likeness (QED) is 0.219. The SMILES string of the molecule is COc1ccc(C2C(=C(O)c3ccc4c(c3)CC(C)O4)C(=O)C(=O)N2c2nc3ccc(C)cc3s2)cc1. The first-order valence-electron chi connectivity index (χ1n) is 12.0. The summed E-state index contributed by atoms with van der Waals surface area (Å²) in [7, 11) is 1.57. The van der Waals surface area contributed by atoms with Crippen LogP contribution in [0.25, 0.3) is 16.0 Å². The summed E-state index contributed by atoms with van der Waals surface area (Å²) in [6.07, 6.45) is 0.748. The highest BCUT2D eigenvalue weighted by Gasteiger charge is 2.48. The average molecular weight is 513 g/mol. The molecule has 1 amide bonds. The number of thiazole rings is 1. The molecule has 2 atom stereocenters. The number of carbonyl (C=O) groups excluding carboxylic acids is 2. The van der Waals surface area contributed by atoms with Crippen LogP contribution >= 0.6 is 11.3 Å². The van der Waals surface area contributed by atoms with Gasteiger partial charge in [-0.3, -0.25) is 14.5 Å². The molecule has 8 heteroatoms. The number of carbonyl (C=O) groups is 2. The highest BCUT2D eigenvalue weighted by atomic mass is 32.1. The summed E-state index contributed by atoms with van der Waals surface area (Å²) in [6.45, 7) is 3.97. The van der Waals surface area contributed by atoms with Gasteiger partial charge in [0.05, 0.1) is 28.9 Å². The number of benzene rings is 3. The third-order valence-electron chi connectivity index (χ3n) is 6.78. The summed E-state index contributed by atoms with van der Waals surface area (Å²) in [4.78, 5) is 33.0. The van der Waals surface area contributed by atoms with Gasteiger partial charge in [0.25, 0.3) is 5.78 Å². The van der Waals surface area contributed by atoms with Crippen LogP contribution in [0.4, 0.5) is 5.13 Å². The molecule has 0 bridgehead atoms. The van der Waals surface area contributed by atoms with Gasteiger partial charge in [0.15, 0.2) is 5.13 Å². The molecular weight excluding hydrogens is 488 g/mol. The Balaban J connectivity index is 1.53. The number of hydrogen-bond donors (Lipinski definition) is 1. The maximum atomic E-state index is 13.5. The molecule has 2 aliphatic heterocycles. The van der Waals surface area contributed by atoms with Gasteiger partial charge in [-0.1, -0.05) is 29.5 Å². The molecule has 1 saturated heterocycles. The Morgan fingerprint density at radius 3 is 2.65 bits per heavy atom. The van der Waals surface area contributed by atoms with Crippen molar-refractivity contribution in [2.24, 2.45) is 0 Å². The van der Waals surface area contributed by atoms with Crippen molar-refractivity contribution in [3.8, 4) is 11.5 Å². The molecular formula is C29H24N2O5S. The fourth-order valence-corrected chi connectivity index (χ4v) is 6.07. The number of fused-ring (bicyclic) bond motifs is 2. The standard InChI is InChI=1S/C29H24N2O5S/c1-15-4-10-21-23(12-15)37-29(30-21)31-25(17-5-8-20(35-3)9-6-17)24(27(33)28(31)34)26(32)18-7-11-22-19(14-18)13-16(2)36-22/h4-12,14,16,25,32H,13H2,1-3H3. The van der Waals surface area contributed by atoms with Gasteiger partial charge in [0.2, 0.25) is 0 Å². The van der Waals surface area contributed by atoms with E-state index in [1.165, 1.54) is 16.2 Å². The summed E-state index contributed by atoms with van der Waals surface area (Å²) in [5.74, 6) is -0.291. The molecule has 186 valence electrons. The second kappa shape index (κ2) is 8.74. The van der Waals surface area contributed by atoms with E-state index >= 15 is 0 Å². The van der Waals surface area contributed by atoms with Crippen molar-refractivity contribution in [2.45, 2.75) is 32.4 Å². The summed E-state index contributed by atoms with van der Waals surface area (Å²) < 4.78 is 12.0. The lowest BCUT2D eigenvalue weighted by molar-refractivity contribution is -0.132. The van der Waals surface area contributed by atoms with Crippen LogP contribution in [0.2, 0.25) is 0 Å². The normalized spacial score (nSPS) is 20.4. The third kappa shape index (κ3) is 3.84. The predicted molar refractivity (Wildman–Crippen MR) is 142 cm³/mol. The van der Waals surface area contributed by atoms with Crippen LogP contribution in [0.3, 0.4) is 0 Å². The van der Waals surface area contributed by atoms with E-state index in [9.17, 15) is 14.7 Å². The number of amides is 1. The molecule has 4 aromatic rings. The molecule has 0 spiro atoms. The topological polar surface area (TPSA) is 89.0 Å². The van der Waals surface area contributed by atoms with Crippen molar-refractivity contribution in [1.29, 1.82) is 0 Å². The predicted octanol–water partition coefficient (Wildman–Crippen LogP) is 5.56. The third-order valence-corrected chi connectivity index (χ3v) is 7.80. The fourth-order valence-electron chi connectivity index (χ4n) is 4.98. The van der Waals surface area contributed by atoms with Gasteiger partial charge in [-0.15, -0.1) is 0 Å². The number of ketones is 1. The number of aryl methyl sites for hydroxylation is 1. The average Bonchev–Trinajstić information content (AvgIpc) is 3.55. The monoisotopic (exact) mass is 512 g/mol. The highest BCUT2D eigenvalue weighted by molar-refractivity contribution is 7.22. The van der Waals surface area contributed by atoms with E-state index in [-0.39, 0.29) is 17.4 Å². The first kappa shape index (κ1) is 23.2. The van der Waals surface area contributed by atoms with Crippen LogP contribution in [-0.2, 0) is 16.0 Å². The summed E-state index contributed by atoms with van der Waals surface area (Å²) in [5.41, 5.74) is 3.92. The Morgan fingerprint density at radius 2 is 1.89 bits per heavy atom. The Hall–Kier alpha value is -4.17. The maximum absolute atomic E-state index is 13.5. The Bertz CT molecular complexity index is 1600. The molecule has 3 aromatic carbocycles. The largest absolute Gasteiger partial charge is 0.507 e. The molecule has 2 unspecified atom stereocenters. The first-order valence-corrected chi connectivity index (χ1v) is 12.8. The second-order valence-electron chi connectivity index (χ2n) is 9.36. The van der Waals surface area contributed by atoms with E-state index < -0.39 is 17.7 Å². The number of Topliss-reactive ketones (excluding diaryl/α,β-unsaturated/α-hetero) is 1. The lowest BCUT2D eigenvalue weighted by atomic mass is 9.94. The van der Waals surface area contributed by atoms with Gasteiger partial charge in [0, 0.05) is 12.0 Å². The maximum Gasteiger partial charge on any atom is 0.301 e. The van der Waals surface area contributed by atoms with Crippen molar-refractivity contribution >= 4 is 44.1 Å². The van der Waals surface area contributed by atoms with Crippen molar-refractivity contribution in [2.75, 3.05) is 12.0 Å². The van der Waals surface area contributed by atoms with Gasteiger partial charge in [0.1, 0.15) is 23.4 Å². The summed E-state index contributed by atoms with van der Waals surface area (Å²) in [5, 5.41) is 11.9. The van der Waals surface area contributed by atoms with Gasteiger partial charge in [-0.2, -0.15) is 0 Å². The first-order chi connectivity index (χ1) is 17.8. The number of aliphatic hydroxyl groups is 1. The van der Waals surface area contributed by atoms with Crippen LogP contribution in [-0.4, -0.2) is 35.0 Å². The Labute approximate surface area is 217 Å². The minimum atomic E-state index is -0.851. The van der Waals surface area contributed by atoms with E-state index in [4.69, 9.17) is 9.47 Å². The van der Waals surface area contributed by atoms with Crippen molar-refractivity contribution < 1.29 is 24.2 Å². The van der Waals surface area contributed by atoms with Crippen LogP contribution in [0.15, 0.2) is 66.2 Å². The zero-order valence-electron chi connectivity index (χ0n) is 20.5. The number of aromatic nitrogens is 1. The molecule has 3 heterocycles. The zero-order valence-corrected chi connectivity index (χ0v) is 21.3. The highest BCUT2D eigenvalue weighted by Crippen LogP contribution is 2.45. The minimum absolute atomic E-state index is 0.0255. The second-order valence-corrected chi connectivity index (χ2v) is 10.4. The summed E-state index contributed by atoms with van der Waals surface area (Å²) >= 11 is 1.34. The van der Waals surface area contributed by atoms with E-state index in [1.54, 1.807) is 43.5 Å². The lowest BCUT2D eigenvalue weighted by Gasteiger charge is -2.23. The molecule has 1 aromatic heterocycles. The lowest BCUT2D eigenvalue weighted by Crippen LogP contribution is -2.29. The molecule has 0 saturated carbocycles. The van der Waals surface area contributed by atoms with Gasteiger partial charge >= 0.3 is 5.91 Å². The number of anilines is 1. The van der Waals surface area contributed by atoms with Crippen LogP contribution in [0.1, 0.15) is 35.2 Å². The molecule has 0 radical (unpaired) electrons. The van der Waals surface area contributed by atoms with E-state index in [0.717, 1.165) is 27.1 Å². The summed E-state index contributed by atoms with van der Waals surface area (Å²) in [6, 6.07) is 17.5. The smallest absolute Gasteiger partial charge is 0.301 e.